The van der Waals surface area contributed by atoms with Gasteiger partial charge in [0.25, 0.3) is 5.91 Å². The Morgan fingerprint density at radius 2 is 2.00 bits per heavy atom. The minimum absolute atomic E-state index is 0.105. The first kappa shape index (κ1) is 12.8. The number of nitrogens with one attached hydrogen (secondary N) is 1. The van der Waals surface area contributed by atoms with Crippen LogP contribution in [0.4, 0.5) is 0 Å². The molecule has 0 fully saturated rings. The molecule has 1 heterocycles. The maximum atomic E-state index is 11.8. The molecule has 0 aliphatic heterocycles. The second-order valence-electron chi connectivity index (χ2n) is 3.55. The van der Waals surface area contributed by atoms with Gasteiger partial charge in [-0.25, -0.2) is 0 Å². The van der Waals surface area contributed by atoms with E-state index in [1.54, 1.807) is 13.0 Å². The lowest BCUT2D eigenvalue weighted by Gasteiger charge is -2.01. The summed E-state index contributed by atoms with van der Waals surface area (Å²) < 4.78 is 5.39. The molecule has 88 valence electrons. The maximum Gasteiger partial charge on any atom is 0.255 e. The van der Waals surface area contributed by atoms with Crippen LogP contribution in [0.25, 0.3) is 0 Å². The van der Waals surface area contributed by atoms with Crippen LogP contribution in [0, 0.1) is 20.8 Å². The zero-order chi connectivity index (χ0) is 12.1. The van der Waals surface area contributed by atoms with Gasteiger partial charge in [-0.15, -0.1) is 11.6 Å². The van der Waals surface area contributed by atoms with Crippen LogP contribution in [0.15, 0.2) is 16.6 Å². The summed E-state index contributed by atoms with van der Waals surface area (Å²) in [6, 6.07) is 0. The summed E-state index contributed by atoms with van der Waals surface area (Å²) in [5, 5.41) is 2.78. The molecular formula is C12H16ClNO2. The molecule has 1 rings (SSSR count). The Balaban J connectivity index is 2.70. The summed E-state index contributed by atoms with van der Waals surface area (Å²) in [5.74, 6) is 1.80. The molecule has 0 unspecified atom stereocenters. The lowest BCUT2D eigenvalue weighted by molar-refractivity contribution is 0.0956. The van der Waals surface area contributed by atoms with E-state index in [1.807, 2.05) is 19.9 Å². The predicted octanol–water partition coefficient (Wildman–Crippen LogP) is 2.73. The van der Waals surface area contributed by atoms with Crippen LogP contribution in [-0.2, 0) is 0 Å². The molecule has 16 heavy (non-hydrogen) atoms. The Hall–Kier alpha value is -1.22. The number of rotatable bonds is 4. The van der Waals surface area contributed by atoms with Gasteiger partial charge in [-0.05, 0) is 20.8 Å². The SMILES string of the molecule is Cc1oc(C)c(C(=O)NC/C=C/CCl)c1C. The molecule has 0 radical (unpaired) electrons. The minimum Gasteiger partial charge on any atom is -0.466 e. The van der Waals surface area contributed by atoms with Crippen LogP contribution < -0.4 is 5.32 Å². The highest BCUT2D eigenvalue weighted by atomic mass is 35.5. The van der Waals surface area contributed by atoms with E-state index in [4.69, 9.17) is 16.0 Å². The Morgan fingerprint density at radius 3 is 2.50 bits per heavy atom. The van der Waals surface area contributed by atoms with Gasteiger partial charge >= 0.3 is 0 Å². The zero-order valence-electron chi connectivity index (χ0n) is 9.76. The summed E-state index contributed by atoms with van der Waals surface area (Å²) in [6.45, 7) is 6.01. The van der Waals surface area contributed by atoms with Crippen molar-refractivity contribution in [1.29, 1.82) is 0 Å². The predicted molar refractivity (Wildman–Crippen MR) is 65.1 cm³/mol. The van der Waals surface area contributed by atoms with Crippen molar-refractivity contribution < 1.29 is 9.21 Å². The molecule has 0 spiro atoms. The molecule has 1 amide bonds. The van der Waals surface area contributed by atoms with Crippen molar-refractivity contribution in [2.75, 3.05) is 12.4 Å². The molecular weight excluding hydrogens is 226 g/mol. The molecule has 0 saturated carbocycles. The summed E-state index contributed by atoms with van der Waals surface area (Å²) in [4.78, 5) is 11.8. The third-order valence-electron chi connectivity index (χ3n) is 2.42. The Bertz CT molecular complexity index is 407. The zero-order valence-corrected chi connectivity index (χ0v) is 10.5. The smallest absolute Gasteiger partial charge is 0.255 e. The van der Waals surface area contributed by atoms with Crippen LogP contribution in [0.5, 0.6) is 0 Å². The minimum atomic E-state index is -0.105. The van der Waals surface area contributed by atoms with Gasteiger partial charge in [0.1, 0.15) is 11.5 Å². The number of hydrogen-bond acceptors (Lipinski definition) is 2. The average Bonchev–Trinajstić information content (AvgIpc) is 2.48. The molecule has 0 aliphatic rings. The largest absolute Gasteiger partial charge is 0.466 e. The number of amides is 1. The quantitative estimate of drug-likeness (QED) is 0.651. The van der Waals surface area contributed by atoms with Gasteiger partial charge in [0.2, 0.25) is 0 Å². The molecule has 0 aliphatic carbocycles. The van der Waals surface area contributed by atoms with Gasteiger partial charge in [0, 0.05) is 18.0 Å². The molecule has 1 N–H and O–H groups in total. The van der Waals surface area contributed by atoms with E-state index in [9.17, 15) is 4.79 Å². The Kier molecular flexibility index (Phi) is 4.62. The Labute approximate surface area is 100 Å². The lowest BCUT2D eigenvalue weighted by atomic mass is 10.1. The summed E-state index contributed by atoms with van der Waals surface area (Å²) in [5.41, 5.74) is 1.54. The number of halogens is 1. The monoisotopic (exact) mass is 241 g/mol. The van der Waals surface area contributed by atoms with Gasteiger partial charge in [-0.3, -0.25) is 4.79 Å². The van der Waals surface area contributed by atoms with Gasteiger partial charge in [-0.1, -0.05) is 12.2 Å². The van der Waals surface area contributed by atoms with Crippen molar-refractivity contribution in [2.24, 2.45) is 0 Å². The number of carbonyl (C=O) groups excluding carboxylic acids is 1. The van der Waals surface area contributed by atoms with E-state index >= 15 is 0 Å². The standard InChI is InChI=1S/C12H16ClNO2/c1-8-9(2)16-10(3)11(8)12(15)14-7-5-4-6-13/h4-5H,6-7H2,1-3H3,(H,14,15)/b5-4+. The number of aryl methyl sites for hydroxylation is 2. The fourth-order valence-corrected chi connectivity index (χ4v) is 1.64. The van der Waals surface area contributed by atoms with Crippen LogP contribution in [0.3, 0.4) is 0 Å². The highest BCUT2D eigenvalue weighted by molar-refractivity contribution is 6.18. The van der Waals surface area contributed by atoms with Gasteiger partial charge in [0.15, 0.2) is 0 Å². The number of carbonyl (C=O) groups is 1. The third-order valence-corrected chi connectivity index (χ3v) is 2.60. The molecule has 4 heteroatoms. The molecule has 3 nitrogen and oxygen atoms in total. The molecule has 1 aromatic heterocycles. The van der Waals surface area contributed by atoms with Crippen molar-refractivity contribution >= 4 is 17.5 Å². The van der Waals surface area contributed by atoms with E-state index < -0.39 is 0 Å². The highest BCUT2D eigenvalue weighted by Crippen LogP contribution is 2.20. The van der Waals surface area contributed by atoms with Crippen LogP contribution >= 0.6 is 11.6 Å². The second kappa shape index (κ2) is 5.75. The summed E-state index contributed by atoms with van der Waals surface area (Å²) in [7, 11) is 0. The molecule has 1 aromatic rings. The van der Waals surface area contributed by atoms with E-state index in [0.29, 0.717) is 23.7 Å². The first-order chi connectivity index (χ1) is 7.57. The summed E-state index contributed by atoms with van der Waals surface area (Å²) >= 11 is 5.47. The molecule has 0 saturated heterocycles. The number of alkyl halides is 1. The van der Waals surface area contributed by atoms with Crippen LogP contribution in [0.2, 0.25) is 0 Å². The van der Waals surface area contributed by atoms with Crippen molar-refractivity contribution in [3.05, 3.63) is 34.8 Å². The fourth-order valence-electron chi connectivity index (χ4n) is 1.51. The summed E-state index contributed by atoms with van der Waals surface area (Å²) in [6.07, 6.45) is 3.62. The lowest BCUT2D eigenvalue weighted by Crippen LogP contribution is -2.24. The van der Waals surface area contributed by atoms with Gasteiger partial charge < -0.3 is 9.73 Å². The van der Waals surface area contributed by atoms with E-state index in [-0.39, 0.29) is 5.91 Å². The van der Waals surface area contributed by atoms with Gasteiger partial charge in [-0.2, -0.15) is 0 Å². The molecule has 0 bridgehead atoms. The van der Waals surface area contributed by atoms with Crippen molar-refractivity contribution in [3.8, 4) is 0 Å². The van der Waals surface area contributed by atoms with E-state index in [2.05, 4.69) is 5.32 Å². The second-order valence-corrected chi connectivity index (χ2v) is 3.86. The highest BCUT2D eigenvalue weighted by Gasteiger charge is 2.17. The van der Waals surface area contributed by atoms with Gasteiger partial charge in [0.05, 0.1) is 5.56 Å². The van der Waals surface area contributed by atoms with Crippen LogP contribution in [0.1, 0.15) is 27.4 Å². The first-order valence-electron chi connectivity index (χ1n) is 5.13. The van der Waals surface area contributed by atoms with E-state index in [0.717, 1.165) is 11.3 Å². The topological polar surface area (TPSA) is 42.2 Å². The third kappa shape index (κ3) is 2.89. The van der Waals surface area contributed by atoms with Crippen molar-refractivity contribution in [2.45, 2.75) is 20.8 Å². The molecule has 0 atom stereocenters. The Morgan fingerprint density at radius 1 is 1.31 bits per heavy atom. The van der Waals surface area contributed by atoms with Crippen molar-refractivity contribution in [1.82, 2.24) is 5.32 Å². The number of furan rings is 1. The first-order valence-corrected chi connectivity index (χ1v) is 5.67. The van der Waals surface area contributed by atoms with Crippen LogP contribution in [-0.4, -0.2) is 18.3 Å². The fraction of sp³-hybridized carbons (Fsp3) is 0.417. The average molecular weight is 242 g/mol. The number of hydrogen-bond donors (Lipinski definition) is 1. The number of allylic oxidation sites excluding steroid dienone is 1. The molecule has 0 aromatic carbocycles. The normalized spacial score (nSPS) is 11.0. The van der Waals surface area contributed by atoms with Crippen molar-refractivity contribution in [3.63, 3.8) is 0 Å². The van der Waals surface area contributed by atoms with E-state index in [1.165, 1.54) is 0 Å². The maximum absolute atomic E-state index is 11.8.